The van der Waals surface area contributed by atoms with E-state index in [4.69, 9.17) is 18.9 Å². The first kappa shape index (κ1) is 29.9. The van der Waals surface area contributed by atoms with Crippen molar-refractivity contribution in [3.05, 3.63) is 108 Å². The lowest BCUT2D eigenvalue weighted by Gasteiger charge is -2.48. The second kappa shape index (κ2) is 15.1. The predicted molar refractivity (Wildman–Crippen MR) is 153 cm³/mol. The number of hydrogen-bond acceptors (Lipinski definition) is 6. The van der Waals surface area contributed by atoms with Crippen LogP contribution in [0, 0.1) is 5.92 Å². The lowest BCUT2D eigenvalue weighted by Crippen LogP contribution is -2.68. The second-order valence-corrected chi connectivity index (χ2v) is 10.6. The number of benzene rings is 3. The van der Waals surface area contributed by atoms with Crippen molar-refractivity contribution in [2.24, 2.45) is 5.92 Å². The van der Waals surface area contributed by atoms with Crippen LogP contribution in [0.1, 0.15) is 37.5 Å². The Morgan fingerprint density at radius 2 is 1.27 bits per heavy atom. The molecule has 1 amide bonds. The quantitative estimate of drug-likeness (QED) is 0.324. The Labute approximate surface area is 237 Å². The molecule has 1 aliphatic heterocycles. The third-order valence-electron chi connectivity index (χ3n) is 7.08. The SMILES string of the molecule is CC(=O)N[C@@H]1[C@@H](OCc2ccccc2)[C@@H](OCc2ccccc2)[C@@H](COCc2ccccc2)O[C@H]1C(O)C(C)C. The molecule has 3 aromatic carbocycles. The zero-order valence-electron chi connectivity index (χ0n) is 23.5. The van der Waals surface area contributed by atoms with Gasteiger partial charge in [-0.05, 0) is 22.6 Å². The smallest absolute Gasteiger partial charge is 0.217 e. The van der Waals surface area contributed by atoms with Gasteiger partial charge < -0.3 is 29.4 Å². The Morgan fingerprint density at radius 1 is 0.800 bits per heavy atom. The van der Waals surface area contributed by atoms with Gasteiger partial charge in [0.2, 0.25) is 5.91 Å². The van der Waals surface area contributed by atoms with E-state index in [1.165, 1.54) is 6.92 Å². The molecule has 40 heavy (non-hydrogen) atoms. The van der Waals surface area contributed by atoms with Crippen LogP contribution in [0.25, 0.3) is 0 Å². The Hall–Kier alpha value is -3.07. The molecular weight excluding hydrogens is 506 g/mol. The standard InChI is InChI=1S/C33H41NO6/c1-23(2)30(36)32-29(34-24(3)35)33(39-21-27-17-11-6-12-18-27)31(38-20-26-15-9-5-10-16-26)28(40-32)22-37-19-25-13-7-4-8-14-25/h4-18,23,28-33,36H,19-22H2,1-3H3,(H,34,35)/t28-,29+,30?,31+,32-,33-/m1/s1. The fourth-order valence-electron chi connectivity index (χ4n) is 4.97. The third-order valence-corrected chi connectivity index (χ3v) is 7.08. The van der Waals surface area contributed by atoms with E-state index in [1.807, 2.05) is 105 Å². The minimum absolute atomic E-state index is 0.108. The molecule has 0 radical (unpaired) electrons. The van der Waals surface area contributed by atoms with E-state index in [-0.39, 0.29) is 18.4 Å². The second-order valence-electron chi connectivity index (χ2n) is 10.6. The fourth-order valence-corrected chi connectivity index (χ4v) is 4.97. The summed E-state index contributed by atoms with van der Waals surface area (Å²) in [5.41, 5.74) is 3.05. The number of rotatable bonds is 13. The summed E-state index contributed by atoms with van der Waals surface area (Å²) in [7, 11) is 0. The Morgan fingerprint density at radius 3 is 1.75 bits per heavy atom. The van der Waals surface area contributed by atoms with Crippen molar-refractivity contribution >= 4 is 5.91 Å². The van der Waals surface area contributed by atoms with Gasteiger partial charge in [0.05, 0.1) is 38.6 Å². The van der Waals surface area contributed by atoms with Gasteiger partial charge in [0.25, 0.3) is 0 Å². The van der Waals surface area contributed by atoms with Crippen molar-refractivity contribution in [2.45, 2.75) is 77.2 Å². The number of carbonyl (C=O) groups excluding carboxylic acids is 1. The summed E-state index contributed by atoms with van der Waals surface area (Å²) in [4.78, 5) is 12.4. The molecule has 1 fully saturated rings. The Balaban J connectivity index is 1.63. The molecule has 1 aliphatic rings. The van der Waals surface area contributed by atoms with Gasteiger partial charge in [0, 0.05) is 6.92 Å². The number of aliphatic hydroxyl groups excluding tert-OH is 1. The van der Waals surface area contributed by atoms with Crippen LogP contribution in [0.2, 0.25) is 0 Å². The third kappa shape index (κ3) is 8.46. The molecule has 0 saturated carbocycles. The Bertz CT molecular complexity index is 1140. The number of aliphatic hydroxyl groups is 1. The van der Waals surface area contributed by atoms with Crippen molar-refractivity contribution < 1.29 is 28.8 Å². The van der Waals surface area contributed by atoms with E-state index in [0.717, 1.165) is 16.7 Å². The average molecular weight is 548 g/mol. The monoisotopic (exact) mass is 547 g/mol. The minimum atomic E-state index is -0.841. The molecule has 3 aromatic rings. The van der Waals surface area contributed by atoms with Gasteiger partial charge >= 0.3 is 0 Å². The van der Waals surface area contributed by atoms with Gasteiger partial charge in [0.1, 0.15) is 24.4 Å². The topological polar surface area (TPSA) is 86.3 Å². The zero-order valence-corrected chi connectivity index (χ0v) is 23.5. The van der Waals surface area contributed by atoms with E-state index in [0.29, 0.717) is 19.8 Å². The lowest BCUT2D eigenvalue weighted by atomic mass is 9.86. The summed E-state index contributed by atoms with van der Waals surface area (Å²) in [6, 6.07) is 29.1. The summed E-state index contributed by atoms with van der Waals surface area (Å²) in [5, 5.41) is 14.3. The van der Waals surface area contributed by atoms with Crippen molar-refractivity contribution in [3.8, 4) is 0 Å². The van der Waals surface area contributed by atoms with Crippen molar-refractivity contribution in [1.82, 2.24) is 5.32 Å². The van der Waals surface area contributed by atoms with Crippen molar-refractivity contribution in [1.29, 1.82) is 0 Å². The van der Waals surface area contributed by atoms with Crippen LogP contribution in [-0.4, -0.2) is 54.2 Å². The molecule has 0 aromatic heterocycles. The zero-order chi connectivity index (χ0) is 28.3. The van der Waals surface area contributed by atoms with Crippen molar-refractivity contribution in [2.75, 3.05) is 6.61 Å². The summed E-state index contributed by atoms with van der Waals surface area (Å²) in [6.07, 6.45) is -3.29. The first-order chi connectivity index (χ1) is 19.4. The van der Waals surface area contributed by atoms with Gasteiger partial charge in [-0.25, -0.2) is 0 Å². The van der Waals surface area contributed by atoms with Crippen LogP contribution in [-0.2, 0) is 43.6 Å². The summed E-state index contributed by atoms with van der Waals surface area (Å²) >= 11 is 0. The van der Waals surface area contributed by atoms with Gasteiger partial charge in [-0.1, -0.05) is 105 Å². The highest BCUT2D eigenvalue weighted by Gasteiger charge is 2.50. The molecule has 7 nitrogen and oxygen atoms in total. The van der Waals surface area contributed by atoms with E-state index < -0.39 is 36.6 Å². The number of nitrogens with one attached hydrogen (secondary N) is 1. The largest absolute Gasteiger partial charge is 0.390 e. The molecule has 0 bridgehead atoms. The maximum atomic E-state index is 12.4. The van der Waals surface area contributed by atoms with Gasteiger partial charge in [-0.2, -0.15) is 0 Å². The van der Waals surface area contributed by atoms with Crippen LogP contribution in [0.3, 0.4) is 0 Å². The molecule has 7 heteroatoms. The highest BCUT2D eigenvalue weighted by molar-refractivity contribution is 5.73. The molecule has 2 N–H and O–H groups in total. The van der Waals surface area contributed by atoms with Crippen LogP contribution < -0.4 is 5.32 Å². The molecule has 1 unspecified atom stereocenters. The van der Waals surface area contributed by atoms with Gasteiger partial charge in [-0.15, -0.1) is 0 Å². The van der Waals surface area contributed by atoms with Gasteiger partial charge in [-0.3, -0.25) is 4.79 Å². The fraction of sp³-hybridized carbons (Fsp3) is 0.424. The van der Waals surface area contributed by atoms with Crippen LogP contribution in [0.5, 0.6) is 0 Å². The molecule has 0 aliphatic carbocycles. The number of amides is 1. The first-order valence-electron chi connectivity index (χ1n) is 14.0. The lowest BCUT2D eigenvalue weighted by molar-refractivity contribution is -0.250. The predicted octanol–water partition coefficient (Wildman–Crippen LogP) is 4.66. The summed E-state index contributed by atoms with van der Waals surface area (Å²) in [5.74, 6) is -0.341. The molecule has 1 heterocycles. The molecule has 4 rings (SSSR count). The Kier molecular flexibility index (Phi) is 11.3. The first-order valence-corrected chi connectivity index (χ1v) is 14.0. The van der Waals surface area contributed by atoms with E-state index in [1.54, 1.807) is 0 Å². The number of hydrogen-bond donors (Lipinski definition) is 2. The van der Waals surface area contributed by atoms with Crippen molar-refractivity contribution in [3.63, 3.8) is 0 Å². The van der Waals surface area contributed by atoms with E-state index in [2.05, 4.69) is 5.32 Å². The summed E-state index contributed by atoms with van der Waals surface area (Å²) in [6.45, 7) is 6.60. The molecule has 6 atom stereocenters. The maximum Gasteiger partial charge on any atom is 0.217 e. The molecule has 0 spiro atoms. The van der Waals surface area contributed by atoms with E-state index in [9.17, 15) is 9.90 Å². The summed E-state index contributed by atoms with van der Waals surface area (Å²) < 4.78 is 25.8. The average Bonchev–Trinajstić information content (AvgIpc) is 2.97. The maximum absolute atomic E-state index is 12.4. The number of ether oxygens (including phenoxy) is 4. The highest BCUT2D eigenvalue weighted by atomic mass is 16.6. The van der Waals surface area contributed by atoms with Crippen LogP contribution in [0.4, 0.5) is 0 Å². The van der Waals surface area contributed by atoms with Crippen LogP contribution >= 0.6 is 0 Å². The molecular formula is C33H41NO6. The number of carbonyl (C=O) groups is 1. The molecule has 1 saturated heterocycles. The van der Waals surface area contributed by atoms with Gasteiger partial charge in [0.15, 0.2) is 0 Å². The highest BCUT2D eigenvalue weighted by Crippen LogP contribution is 2.31. The molecule has 214 valence electrons. The van der Waals surface area contributed by atoms with E-state index >= 15 is 0 Å². The minimum Gasteiger partial charge on any atom is -0.390 e. The van der Waals surface area contributed by atoms with Crippen LogP contribution in [0.15, 0.2) is 91.0 Å². The normalized spacial score (nSPS) is 23.6.